The lowest BCUT2D eigenvalue weighted by Crippen LogP contribution is -2.13. The summed E-state index contributed by atoms with van der Waals surface area (Å²) in [5, 5.41) is 8.80. The van der Waals surface area contributed by atoms with Gasteiger partial charge in [0.05, 0.1) is 5.92 Å². The van der Waals surface area contributed by atoms with Gasteiger partial charge in [-0.3, -0.25) is 4.79 Å². The molecule has 0 saturated carbocycles. The highest BCUT2D eigenvalue weighted by atomic mass is 16.4. The van der Waals surface area contributed by atoms with Crippen LogP contribution >= 0.6 is 0 Å². The molecular weight excluding hydrogens is 176 g/mol. The number of rotatable bonds is 3. The van der Waals surface area contributed by atoms with E-state index in [2.05, 4.69) is 0 Å². The van der Waals surface area contributed by atoms with Gasteiger partial charge in [-0.15, -0.1) is 0 Å². The van der Waals surface area contributed by atoms with E-state index in [4.69, 9.17) is 5.11 Å². The molecule has 0 aliphatic heterocycles. The quantitative estimate of drug-likeness (QED) is 0.799. The van der Waals surface area contributed by atoms with Gasteiger partial charge < -0.3 is 5.11 Å². The van der Waals surface area contributed by atoms with E-state index in [1.165, 1.54) is 11.1 Å². The molecule has 1 aromatic rings. The smallest absolute Gasteiger partial charge is 0.306 e. The van der Waals surface area contributed by atoms with E-state index >= 15 is 0 Å². The fraction of sp³-hybridized carbons (Fsp3) is 0.417. The molecule has 0 unspecified atom stereocenters. The zero-order valence-corrected chi connectivity index (χ0v) is 8.87. The average Bonchev–Trinajstić information content (AvgIpc) is 2.12. The van der Waals surface area contributed by atoms with Gasteiger partial charge in [0.2, 0.25) is 0 Å². The van der Waals surface area contributed by atoms with Crippen LogP contribution in [0.25, 0.3) is 0 Å². The Kier molecular flexibility index (Phi) is 3.28. The summed E-state index contributed by atoms with van der Waals surface area (Å²) < 4.78 is 0. The van der Waals surface area contributed by atoms with E-state index in [9.17, 15) is 4.79 Å². The lowest BCUT2D eigenvalue weighted by molar-refractivity contribution is -0.141. The Balaban J connectivity index is 2.87. The van der Waals surface area contributed by atoms with Gasteiger partial charge in [0, 0.05) is 0 Å². The van der Waals surface area contributed by atoms with Crippen LogP contribution in [-0.4, -0.2) is 11.1 Å². The van der Waals surface area contributed by atoms with Crippen LogP contribution < -0.4 is 0 Å². The van der Waals surface area contributed by atoms with Gasteiger partial charge in [0.25, 0.3) is 0 Å². The topological polar surface area (TPSA) is 37.3 Å². The first-order chi connectivity index (χ1) is 6.52. The molecule has 0 saturated heterocycles. The Labute approximate surface area is 84.6 Å². The van der Waals surface area contributed by atoms with Gasteiger partial charge in [0.1, 0.15) is 0 Å². The molecular formula is C12H16O2. The van der Waals surface area contributed by atoms with Crippen LogP contribution in [0.15, 0.2) is 18.2 Å². The van der Waals surface area contributed by atoms with E-state index in [1.54, 1.807) is 6.92 Å². The van der Waals surface area contributed by atoms with Crippen LogP contribution in [0.1, 0.15) is 23.6 Å². The fourth-order valence-corrected chi connectivity index (χ4v) is 1.45. The molecule has 1 atom stereocenters. The number of hydrogen-bond donors (Lipinski definition) is 1. The molecule has 0 heterocycles. The van der Waals surface area contributed by atoms with E-state index in [-0.39, 0.29) is 5.92 Å². The number of aliphatic carboxylic acids is 1. The first-order valence-corrected chi connectivity index (χ1v) is 4.80. The van der Waals surface area contributed by atoms with Crippen molar-refractivity contribution in [3.63, 3.8) is 0 Å². The third kappa shape index (κ3) is 2.34. The van der Waals surface area contributed by atoms with Crippen molar-refractivity contribution in [3.05, 3.63) is 34.9 Å². The van der Waals surface area contributed by atoms with Crippen LogP contribution in [0.4, 0.5) is 0 Å². The summed E-state index contributed by atoms with van der Waals surface area (Å²) in [6.07, 6.45) is 0.614. The predicted molar refractivity (Wildman–Crippen MR) is 56.4 cm³/mol. The van der Waals surface area contributed by atoms with Crippen LogP contribution in [0.5, 0.6) is 0 Å². The van der Waals surface area contributed by atoms with Gasteiger partial charge in [-0.2, -0.15) is 0 Å². The number of hydrogen-bond acceptors (Lipinski definition) is 1. The molecule has 14 heavy (non-hydrogen) atoms. The molecule has 2 nitrogen and oxygen atoms in total. The van der Waals surface area contributed by atoms with Crippen molar-refractivity contribution in [2.75, 3.05) is 0 Å². The van der Waals surface area contributed by atoms with Crippen LogP contribution in [0, 0.1) is 19.8 Å². The summed E-state index contributed by atoms with van der Waals surface area (Å²) in [4.78, 5) is 10.7. The molecule has 1 N–H and O–H groups in total. The number of aryl methyl sites for hydroxylation is 1. The van der Waals surface area contributed by atoms with Crippen LogP contribution in [0.3, 0.4) is 0 Å². The first kappa shape index (κ1) is 10.8. The summed E-state index contributed by atoms with van der Waals surface area (Å²) in [5.41, 5.74) is 3.57. The number of carboxylic acid groups (broad SMARTS) is 1. The summed E-state index contributed by atoms with van der Waals surface area (Å²) in [5.74, 6) is -1.04. The van der Waals surface area contributed by atoms with Gasteiger partial charge in [0.15, 0.2) is 0 Å². The molecule has 0 aliphatic rings. The molecule has 0 aliphatic carbocycles. The van der Waals surface area contributed by atoms with Gasteiger partial charge in [-0.25, -0.2) is 0 Å². The van der Waals surface area contributed by atoms with Crippen molar-refractivity contribution in [2.45, 2.75) is 27.2 Å². The number of benzene rings is 1. The lowest BCUT2D eigenvalue weighted by Gasteiger charge is -2.10. The minimum Gasteiger partial charge on any atom is -0.481 e. The fourth-order valence-electron chi connectivity index (χ4n) is 1.45. The van der Waals surface area contributed by atoms with Crippen LogP contribution in [0.2, 0.25) is 0 Å². The largest absolute Gasteiger partial charge is 0.481 e. The summed E-state index contributed by atoms with van der Waals surface area (Å²) in [6, 6.07) is 6.03. The second-order valence-electron chi connectivity index (χ2n) is 3.80. The lowest BCUT2D eigenvalue weighted by atomic mass is 9.95. The van der Waals surface area contributed by atoms with Gasteiger partial charge >= 0.3 is 5.97 Å². The maximum absolute atomic E-state index is 10.7. The molecule has 0 amide bonds. The van der Waals surface area contributed by atoms with Crippen molar-refractivity contribution in [1.82, 2.24) is 0 Å². The molecule has 1 rings (SSSR count). The molecule has 0 bridgehead atoms. The van der Waals surface area contributed by atoms with E-state index in [0.29, 0.717) is 6.42 Å². The molecule has 0 spiro atoms. The zero-order valence-electron chi connectivity index (χ0n) is 8.87. The third-order valence-electron chi connectivity index (χ3n) is 2.66. The monoisotopic (exact) mass is 192 g/mol. The molecule has 0 radical (unpaired) electrons. The van der Waals surface area contributed by atoms with Crippen molar-refractivity contribution in [2.24, 2.45) is 5.92 Å². The van der Waals surface area contributed by atoms with Gasteiger partial charge in [-0.1, -0.05) is 25.1 Å². The van der Waals surface area contributed by atoms with Crippen molar-refractivity contribution in [1.29, 1.82) is 0 Å². The van der Waals surface area contributed by atoms with Gasteiger partial charge in [-0.05, 0) is 37.0 Å². The Hall–Kier alpha value is -1.31. The molecule has 2 heteroatoms. The minimum atomic E-state index is -0.731. The molecule has 0 aromatic heterocycles. The normalized spacial score (nSPS) is 12.5. The Morgan fingerprint density at radius 3 is 2.64 bits per heavy atom. The van der Waals surface area contributed by atoms with Crippen molar-refractivity contribution in [3.8, 4) is 0 Å². The minimum absolute atomic E-state index is 0.310. The number of carbonyl (C=O) groups is 1. The van der Waals surface area contributed by atoms with Crippen molar-refractivity contribution < 1.29 is 9.90 Å². The second kappa shape index (κ2) is 4.27. The average molecular weight is 192 g/mol. The zero-order chi connectivity index (χ0) is 10.7. The Morgan fingerprint density at radius 1 is 1.43 bits per heavy atom. The standard InChI is InChI=1S/C12H16O2/c1-8-5-4-6-11(10(8)3)7-9(2)12(13)14/h4-6,9H,7H2,1-3H3,(H,13,14)/t9-/m0/s1. The highest BCUT2D eigenvalue weighted by Crippen LogP contribution is 2.16. The Bertz CT molecular complexity index is 342. The maximum atomic E-state index is 10.7. The molecule has 0 fully saturated rings. The summed E-state index contributed by atoms with van der Waals surface area (Å²) >= 11 is 0. The SMILES string of the molecule is Cc1cccc(C[C@H](C)C(=O)O)c1C. The predicted octanol–water partition coefficient (Wildman–Crippen LogP) is 2.57. The molecule has 1 aromatic carbocycles. The molecule has 76 valence electrons. The van der Waals surface area contributed by atoms with E-state index in [1.807, 2.05) is 32.0 Å². The third-order valence-corrected chi connectivity index (χ3v) is 2.66. The summed E-state index contributed by atoms with van der Waals surface area (Å²) in [6.45, 7) is 5.83. The van der Waals surface area contributed by atoms with E-state index < -0.39 is 5.97 Å². The number of carboxylic acids is 1. The first-order valence-electron chi connectivity index (χ1n) is 4.80. The highest BCUT2D eigenvalue weighted by Gasteiger charge is 2.12. The van der Waals surface area contributed by atoms with Crippen LogP contribution in [-0.2, 0) is 11.2 Å². The highest BCUT2D eigenvalue weighted by molar-refractivity contribution is 5.70. The summed E-state index contributed by atoms with van der Waals surface area (Å²) in [7, 11) is 0. The maximum Gasteiger partial charge on any atom is 0.306 e. The van der Waals surface area contributed by atoms with Crippen molar-refractivity contribution >= 4 is 5.97 Å². The second-order valence-corrected chi connectivity index (χ2v) is 3.80. The Morgan fingerprint density at radius 2 is 2.07 bits per heavy atom. The van der Waals surface area contributed by atoms with E-state index in [0.717, 1.165) is 5.56 Å².